The van der Waals surface area contributed by atoms with Crippen LogP contribution in [0.15, 0.2) is 12.3 Å². The van der Waals surface area contributed by atoms with Gasteiger partial charge in [0.25, 0.3) is 0 Å². The number of nitrogens with one attached hydrogen (secondary N) is 1. The van der Waals surface area contributed by atoms with E-state index in [2.05, 4.69) is 15.3 Å². The predicted molar refractivity (Wildman–Crippen MR) is 81.5 cm³/mol. The van der Waals surface area contributed by atoms with Crippen LogP contribution < -0.4 is 10.2 Å². The van der Waals surface area contributed by atoms with Gasteiger partial charge in [-0.1, -0.05) is 0 Å². The largest absolute Gasteiger partial charge is 0.355 e. The third kappa shape index (κ3) is 3.78. The van der Waals surface area contributed by atoms with Gasteiger partial charge in [-0.3, -0.25) is 9.48 Å². The van der Waals surface area contributed by atoms with Crippen LogP contribution in [0.4, 0.5) is 5.82 Å². The van der Waals surface area contributed by atoms with Crippen molar-refractivity contribution in [3.8, 4) is 0 Å². The number of ether oxygens (including phenoxy) is 2. The highest BCUT2D eigenvalue weighted by Gasteiger charge is 2.25. The molecule has 22 heavy (non-hydrogen) atoms. The van der Waals surface area contributed by atoms with Crippen molar-refractivity contribution in [1.29, 1.82) is 0 Å². The number of carbonyl (C=O) groups excluding carboxylic acids is 1. The molecule has 0 aromatic carbocycles. The van der Waals surface area contributed by atoms with Crippen LogP contribution in [0.25, 0.3) is 0 Å². The zero-order valence-corrected chi connectivity index (χ0v) is 13.0. The maximum Gasteiger partial charge on any atom is 0.225 e. The molecule has 1 aromatic heterocycles. The van der Waals surface area contributed by atoms with Crippen LogP contribution in [0, 0.1) is 0 Å². The molecule has 0 saturated carbocycles. The van der Waals surface area contributed by atoms with E-state index in [1.807, 2.05) is 17.8 Å². The van der Waals surface area contributed by atoms with Gasteiger partial charge >= 0.3 is 0 Å². The van der Waals surface area contributed by atoms with Crippen molar-refractivity contribution in [3.63, 3.8) is 0 Å². The normalized spacial score (nSPS) is 23.5. The molecule has 2 aliphatic heterocycles. The van der Waals surface area contributed by atoms with E-state index in [-0.39, 0.29) is 24.7 Å². The van der Waals surface area contributed by atoms with Crippen LogP contribution in [0.5, 0.6) is 0 Å². The van der Waals surface area contributed by atoms with E-state index in [1.165, 1.54) is 0 Å². The van der Waals surface area contributed by atoms with E-state index in [9.17, 15) is 4.79 Å². The molecule has 1 atom stereocenters. The number of anilines is 1. The Morgan fingerprint density at radius 3 is 2.95 bits per heavy atom. The standard InChI is InChI=1S/C15H24N4O3/c1-18-14(5-6-16-18)19-7-2-4-12(11-19)17-13(20)10-15-21-8-3-9-22-15/h5-6,12,15H,2-4,7-11H2,1H3,(H,17,20)/t12-/m0/s1. The van der Waals surface area contributed by atoms with Gasteiger partial charge in [0.15, 0.2) is 6.29 Å². The number of rotatable bonds is 4. The molecule has 2 fully saturated rings. The zero-order chi connectivity index (χ0) is 15.4. The summed E-state index contributed by atoms with van der Waals surface area (Å²) in [5.41, 5.74) is 0. The van der Waals surface area contributed by atoms with Crippen molar-refractivity contribution in [2.24, 2.45) is 7.05 Å². The van der Waals surface area contributed by atoms with Gasteiger partial charge in [-0.25, -0.2) is 0 Å². The van der Waals surface area contributed by atoms with Crippen molar-refractivity contribution in [3.05, 3.63) is 12.3 Å². The van der Waals surface area contributed by atoms with Crippen LogP contribution in [0.3, 0.4) is 0 Å². The number of aryl methyl sites for hydroxylation is 1. The molecule has 1 aromatic rings. The summed E-state index contributed by atoms with van der Waals surface area (Å²) < 4.78 is 12.7. The summed E-state index contributed by atoms with van der Waals surface area (Å²) in [7, 11) is 1.94. The molecule has 3 heterocycles. The second-order valence-electron chi connectivity index (χ2n) is 5.89. The topological polar surface area (TPSA) is 68.6 Å². The third-order valence-electron chi connectivity index (χ3n) is 4.15. The molecule has 2 aliphatic rings. The fraction of sp³-hybridized carbons (Fsp3) is 0.733. The summed E-state index contributed by atoms with van der Waals surface area (Å²) in [4.78, 5) is 14.4. The minimum atomic E-state index is -0.384. The first-order valence-corrected chi connectivity index (χ1v) is 7.98. The summed E-state index contributed by atoms with van der Waals surface area (Å²) >= 11 is 0. The van der Waals surface area contributed by atoms with Gasteiger partial charge in [0.05, 0.1) is 25.8 Å². The Bertz CT molecular complexity index is 499. The summed E-state index contributed by atoms with van der Waals surface area (Å²) in [6.07, 6.45) is 4.67. The molecule has 7 heteroatoms. The van der Waals surface area contributed by atoms with E-state index in [0.717, 1.165) is 38.2 Å². The van der Waals surface area contributed by atoms with Gasteiger partial charge in [0, 0.05) is 32.2 Å². The quantitative estimate of drug-likeness (QED) is 0.885. The minimum absolute atomic E-state index is 0.00348. The highest BCUT2D eigenvalue weighted by Crippen LogP contribution is 2.19. The number of aromatic nitrogens is 2. The zero-order valence-electron chi connectivity index (χ0n) is 13.0. The highest BCUT2D eigenvalue weighted by atomic mass is 16.7. The Hall–Kier alpha value is -1.60. The van der Waals surface area contributed by atoms with E-state index in [1.54, 1.807) is 6.20 Å². The molecule has 7 nitrogen and oxygen atoms in total. The van der Waals surface area contributed by atoms with Gasteiger partial charge in [-0.15, -0.1) is 0 Å². The molecule has 0 unspecified atom stereocenters. The third-order valence-corrected chi connectivity index (χ3v) is 4.15. The smallest absolute Gasteiger partial charge is 0.225 e. The maximum absolute atomic E-state index is 12.1. The highest BCUT2D eigenvalue weighted by molar-refractivity contribution is 5.76. The number of amides is 1. The number of carbonyl (C=O) groups is 1. The lowest BCUT2D eigenvalue weighted by molar-refractivity contribution is -0.184. The molecule has 1 N–H and O–H groups in total. The molecule has 0 aliphatic carbocycles. The van der Waals surface area contributed by atoms with Crippen LogP contribution in [0.2, 0.25) is 0 Å². The lowest BCUT2D eigenvalue weighted by Crippen LogP contribution is -2.49. The molecule has 0 spiro atoms. The fourth-order valence-corrected chi connectivity index (χ4v) is 3.07. The number of hydrogen-bond donors (Lipinski definition) is 1. The summed E-state index contributed by atoms with van der Waals surface area (Å²) in [6, 6.07) is 2.17. The molecule has 3 rings (SSSR count). The Labute approximate surface area is 130 Å². The average molecular weight is 308 g/mol. The van der Waals surface area contributed by atoms with Gasteiger partial charge < -0.3 is 19.7 Å². The molecular weight excluding hydrogens is 284 g/mol. The SMILES string of the molecule is Cn1nccc1N1CCC[C@H](NC(=O)CC2OCCCO2)C1. The molecule has 1 amide bonds. The average Bonchev–Trinajstić information content (AvgIpc) is 2.94. The van der Waals surface area contributed by atoms with Crippen molar-refractivity contribution in [1.82, 2.24) is 15.1 Å². The van der Waals surface area contributed by atoms with Crippen molar-refractivity contribution in [2.45, 2.75) is 38.0 Å². The number of nitrogens with zero attached hydrogens (tertiary/aromatic N) is 3. The minimum Gasteiger partial charge on any atom is -0.355 e. The van der Waals surface area contributed by atoms with Crippen LogP contribution in [0.1, 0.15) is 25.7 Å². The van der Waals surface area contributed by atoms with Crippen LogP contribution in [-0.2, 0) is 21.3 Å². The molecule has 0 bridgehead atoms. The molecular formula is C15H24N4O3. The van der Waals surface area contributed by atoms with Crippen molar-refractivity contribution in [2.75, 3.05) is 31.2 Å². The van der Waals surface area contributed by atoms with E-state index in [0.29, 0.717) is 13.2 Å². The summed E-state index contributed by atoms with van der Waals surface area (Å²) in [6.45, 7) is 3.17. The molecule has 0 radical (unpaired) electrons. The molecule has 122 valence electrons. The van der Waals surface area contributed by atoms with Gasteiger partial charge in [0.1, 0.15) is 5.82 Å². The van der Waals surface area contributed by atoms with E-state index < -0.39 is 0 Å². The predicted octanol–water partition coefficient (Wildman–Crippen LogP) is 0.658. The van der Waals surface area contributed by atoms with Crippen molar-refractivity contribution < 1.29 is 14.3 Å². The first kappa shape index (κ1) is 15.3. The lowest BCUT2D eigenvalue weighted by atomic mass is 10.1. The van der Waals surface area contributed by atoms with Crippen LogP contribution >= 0.6 is 0 Å². The molecule has 2 saturated heterocycles. The first-order chi connectivity index (χ1) is 10.7. The van der Waals surface area contributed by atoms with Gasteiger partial charge in [0.2, 0.25) is 5.91 Å². The first-order valence-electron chi connectivity index (χ1n) is 7.98. The Morgan fingerprint density at radius 1 is 1.41 bits per heavy atom. The number of piperidine rings is 1. The summed E-state index contributed by atoms with van der Waals surface area (Å²) in [5.74, 6) is 1.10. The monoisotopic (exact) mass is 308 g/mol. The van der Waals surface area contributed by atoms with Gasteiger partial charge in [-0.05, 0) is 19.3 Å². The number of hydrogen-bond acceptors (Lipinski definition) is 5. The second kappa shape index (κ2) is 7.11. The van der Waals surface area contributed by atoms with Crippen LogP contribution in [-0.4, -0.2) is 54.3 Å². The van der Waals surface area contributed by atoms with Gasteiger partial charge in [-0.2, -0.15) is 5.10 Å². The Balaban J connectivity index is 1.49. The van der Waals surface area contributed by atoms with E-state index in [4.69, 9.17) is 9.47 Å². The fourth-order valence-electron chi connectivity index (χ4n) is 3.07. The second-order valence-corrected chi connectivity index (χ2v) is 5.89. The Kier molecular flexibility index (Phi) is 4.94. The lowest BCUT2D eigenvalue weighted by Gasteiger charge is -2.34. The maximum atomic E-state index is 12.1. The summed E-state index contributed by atoms with van der Waals surface area (Å²) in [5, 5.41) is 7.32. The van der Waals surface area contributed by atoms with E-state index >= 15 is 0 Å². The Morgan fingerprint density at radius 2 is 2.23 bits per heavy atom. The van der Waals surface area contributed by atoms with Crippen molar-refractivity contribution >= 4 is 11.7 Å².